The lowest BCUT2D eigenvalue weighted by Gasteiger charge is -2.13. The van der Waals surface area contributed by atoms with Crippen LogP contribution >= 0.6 is 0 Å². The molecule has 2 aromatic carbocycles. The molecule has 0 aliphatic carbocycles. The Morgan fingerprint density at radius 1 is 1.08 bits per heavy atom. The Balaban J connectivity index is 1.59. The first-order chi connectivity index (χ1) is 12.8. The van der Waals surface area contributed by atoms with E-state index in [1.807, 2.05) is 36.4 Å². The van der Waals surface area contributed by atoms with Crippen LogP contribution in [-0.4, -0.2) is 29.2 Å². The average Bonchev–Trinajstić information content (AvgIpc) is 3.34. The van der Waals surface area contributed by atoms with Gasteiger partial charge in [-0.15, -0.1) is 0 Å². The molecule has 0 atom stereocenters. The standard InChI is InChI=1S/C19H17N3O4/c1-23-16-4-3-5-17(24-2)19(16)26-10-18-21-13-7-6-12(8-14(13)22-18)15-9-25-11-20-15/h3-9,11H,10H2,1-2H3,(H,21,22). The van der Waals surface area contributed by atoms with Gasteiger partial charge in [-0.05, 0) is 24.3 Å². The second kappa shape index (κ2) is 6.79. The van der Waals surface area contributed by atoms with Gasteiger partial charge in [0.05, 0.1) is 25.3 Å². The van der Waals surface area contributed by atoms with Gasteiger partial charge in [-0.25, -0.2) is 9.97 Å². The van der Waals surface area contributed by atoms with E-state index in [0.29, 0.717) is 23.1 Å². The van der Waals surface area contributed by atoms with Crippen LogP contribution in [0.25, 0.3) is 22.3 Å². The van der Waals surface area contributed by atoms with Crippen LogP contribution in [-0.2, 0) is 6.61 Å². The van der Waals surface area contributed by atoms with Crippen molar-refractivity contribution in [2.24, 2.45) is 0 Å². The minimum absolute atomic E-state index is 0.255. The molecule has 1 N–H and O–H groups in total. The van der Waals surface area contributed by atoms with E-state index in [0.717, 1.165) is 22.3 Å². The number of methoxy groups -OCH3 is 2. The molecule has 0 amide bonds. The number of nitrogens with zero attached hydrogens (tertiary/aromatic N) is 2. The predicted octanol–water partition coefficient (Wildman–Crippen LogP) is 3.81. The van der Waals surface area contributed by atoms with Crippen LogP contribution < -0.4 is 14.2 Å². The van der Waals surface area contributed by atoms with E-state index in [1.54, 1.807) is 20.5 Å². The lowest BCUT2D eigenvalue weighted by atomic mass is 10.1. The highest BCUT2D eigenvalue weighted by Crippen LogP contribution is 2.37. The van der Waals surface area contributed by atoms with Gasteiger partial charge in [-0.1, -0.05) is 12.1 Å². The first-order valence-electron chi connectivity index (χ1n) is 7.99. The van der Waals surface area contributed by atoms with Gasteiger partial charge in [0.15, 0.2) is 17.9 Å². The van der Waals surface area contributed by atoms with Gasteiger partial charge >= 0.3 is 0 Å². The highest BCUT2D eigenvalue weighted by Gasteiger charge is 2.13. The molecule has 0 aliphatic rings. The summed E-state index contributed by atoms with van der Waals surface area (Å²) in [5.74, 6) is 2.45. The third-order valence-electron chi connectivity index (χ3n) is 4.00. The molecule has 2 heterocycles. The first kappa shape index (κ1) is 16.0. The Labute approximate surface area is 149 Å². The fraction of sp³-hybridized carbons (Fsp3) is 0.158. The van der Waals surface area contributed by atoms with Gasteiger partial charge in [0.25, 0.3) is 0 Å². The van der Waals surface area contributed by atoms with E-state index in [2.05, 4.69) is 15.0 Å². The molecular weight excluding hydrogens is 334 g/mol. The van der Waals surface area contributed by atoms with Crippen LogP contribution in [0.15, 0.2) is 53.5 Å². The van der Waals surface area contributed by atoms with Crippen molar-refractivity contribution in [1.29, 1.82) is 0 Å². The fourth-order valence-electron chi connectivity index (χ4n) is 2.74. The number of aromatic amines is 1. The molecule has 0 saturated carbocycles. The molecule has 7 nitrogen and oxygen atoms in total. The number of benzene rings is 2. The second-order valence-corrected chi connectivity index (χ2v) is 5.57. The summed E-state index contributed by atoms with van der Waals surface area (Å²) >= 11 is 0. The van der Waals surface area contributed by atoms with Crippen molar-refractivity contribution < 1.29 is 18.6 Å². The smallest absolute Gasteiger partial charge is 0.203 e. The number of H-pyrrole nitrogens is 1. The molecule has 0 aliphatic heterocycles. The number of para-hydroxylation sites is 1. The van der Waals surface area contributed by atoms with E-state index >= 15 is 0 Å². The quantitative estimate of drug-likeness (QED) is 0.569. The number of hydrogen-bond acceptors (Lipinski definition) is 6. The molecule has 2 aromatic heterocycles. The van der Waals surface area contributed by atoms with Crippen LogP contribution in [0.5, 0.6) is 17.2 Å². The van der Waals surface area contributed by atoms with Gasteiger partial charge in [-0.3, -0.25) is 0 Å². The number of ether oxygens (including phenoxy) is 3. The Hall–Kier alpha value is -3.48. The van der Waals surface area contributed by atoms with Crippen molar-refractivity contribution in [3.8, 4) is 28.5 Å². The lowest BCUT2D eigenvalue weighted by Crippen LogP contribution is -2.01. The second-order valence-electron chi connectivity index (χ2n) is 5.57. The Morgan fingerprint density at radius 2 is 1.88 bits per heavy atom. The van der Waals surface area contributed by atoms with Crippen molar-refractivity contribution >= 4 is 11.0 Å². The summed E-state index contributed by atoms with van der Waals surface area (Å²) in [6.45, 7) is 0.255. The number of nitrogens with one attached hydrogen (secondary N) is 1. The van der Waals surface area contributed by atoms with E-state index in [4.69, 9.17) is 18.6 Å². The first-order valence-corrected chi connectivity index (χ1v) is 7.99. The maximum Gasteiger partial charge on any atom is 0.203 e. The van der Waals surface area contributed by atoms with Crippen LogP contribution in [0.1, 0.15) is 5.82 Å². The summed E-state index contributed by atoms with van der Waals surface area (Å²) in [6, 6.07) is 11.4. The number of oxazole rings is 1. The van der Waals surface area contributed by atoms with Crippen molar-refractivity contribution in [1.82, 2.24) is 15.0 Å². The molecule has 0 fully saturated rings. The van der Waals surface area contributed by atoms with Crippen LogP contribution in [0.2, 0.25) is 0 Å². The fourth-order valence-corrected chi connectivity index (χ4v) is 2.74. The summed E-state index contributed by atoms with van der Waals surface area (Å²) in [5.41, 5.74) is 3.46. The zero-order valence-electron chi connectivity index (χ0n) is 14.4. The Morgan fingerprint density at radius 3 is 2.58 bits per heavy atom. The normalized spacial score (nSPS) is 10.8. The number of imidazole rings is 1. The van der Waals surface area contributed by atoms with Crippen LogP contribution in [0, 0.1) is 0 Å². The van der Waals surface area contributed by atoms with Crippen molar-refractivity contribution in [2.75, 3.05) is 14.2 Å². The molecule has 0 unspecified atom stereocenters. The molecule has 0 radical (unpaired) electrons. The zero-order chi connectivity index (χ0) is 17.9. The SMILES string of the molecule is COc1cccc(OC)c1OCc1nc2cc(-c3cocn3)ccc2[nH]1. The predicted molar refractivity (Wildman–Crippen MR) is 95.5 cm³/mol. The number of fused-ring (bicyclic) bond motifs is 1. The molecule has 0 spiro atoms. The third-order valence-corrected chi connectivity index (χ3v) is 4.00. The van der Waals surface area contributed by atoms with Crippen molar-refractivity contribution in [3.05, 3.63) is 54.9 Å². The van der Waals surface area contributed by atoms with Gasteiger partial charge in [-0.2, -0.15) is 0 Å². The number of rotatable bonds is 6. The van der Waals surface area contributed by atoms with Gasteiger partial charge < -0.3 is 23.6 Å². The minimum Gasteiger partial charge on any atom is -0.493 e. The lowest BCUT2D eigenvalue weighted by molar-refractivity contribution is 0.260. The summed E-state index contributed by atoms with van der Waals surface area (Å²) < 4.78 is 21.6. The zero-order valence-corrected chi connectivity index (χ0v) is 14.4. The molecule has 132 valence electrons. The highest BCUT2D eigenvalue weighted by molar-refractivity contribution is 5.80. The van der Waals surface area contributed by atoms with E-state index < -0.39 is 0 Å². The van der Waals surface area contributed by atoms with Gasteiger partial charge in [0.2, 0.25) is 5.75 Å². The topological polar surface area (TPSA) is 82.4 Å². The summed E-state index contributed by atoms with van der Waals surface area (Å²) in [5, 5.41) is 0. The summed E-state index contributed by atoms with van der Waals surface area (Å²) in [7, 11) is 3.18. The van der Waals surface area contributed by atoms with Crippen LogP contribution in [0.3, 0.4) is 0 Å². The van der Waals surface area contributed by atoms with E-state index in [1.165, 1.54) is 6.39 Å². The molecule has 4 aromatic rings. The average molecular weight is 351 g/mol. The van der Waals surface area contributed by atoms with Crippen molar-refractivity contribution in [2.45, 2.75) is 6.61 Å². The van der Waals surface area contributed by atoms with Crippen LogP contribution in [0.4, 0.5) is 0 Å². The Kier molecular flexibility index (Phi) is 4.18. The maximum absolute atomic E-state index is 5.90. The molecule has 4 rings (SSSR count). The molecule has 7 heteroatoms. The summed E-state index contributed by atoms with van der Waals surface area (Å²) in [6.07, 6.45) is 3.01. The largest absolute Gasteiger partial charge is 0.493 e. The molecule has 0 saturated heterocycles. The number of hydrogen-bond donors (Lipinski definition) is 1. The summed E-state index contributed by atoms with van der Waals surface area (Å²) in [4.78, 5) is 12.0. The molecular formula is C19H17N3O4. The highest BCUT2D eigenvalue weighted by atomic mass is 16.5. The molecule has 26 heavy (non-hydrogen) atoms. The minimum atomic E-state index is 0.255. The van der Waals surface area contributed by atoms with Gasteiger partial charge in [0, 0.05) is 5.56 Å². The van der Waals surface area contributed by atoms with E-state index in [-0.39, 0.29) is 6.61 Å². The van der Waals surface area contributed by atoms with Crippen molar-refractivity contribution in [3.63, 3.8) is 0 Å². The maximum atomic E-state index is 5.90. The van der Waals surface area contributed by atoms with E-state index in [9.17, 15) is 0 Å². The number of aromatic nitrogens is 3. The van der Waals surface area contributed by atoms with Gasteiger partial charge in [0.1, 0.15) is 24.4 Å². The molecule has 0 bridgehead atoms. The monoisotopic (exact) mass is 351 g/mol. The third kappa shape index (κ3) is 2.95. The Bertz CT molecular complexity index is 1000.